The number of benzene rings is 2. The van der Waals surface area contributed by atoms with Gasteiger partial charge in [-0.15, -0.1) is 11.3 Å². The molecule has 2 aromatic carbocycles. The molecule has 0 aliphatic carbocycles. The first-order valence-electron chi connectivity index (χ1n) is 6.04. The van der Waals surface area contributed by atoms with E-state index in [0.29, 0.717) is 21.4 Å². The Hall–Kier alpha value is -2.07. The molecule has 0 saturated carbocycles. The number of carbonyl (C=O) groups is 1. The van der Waals surface area contributed by atoms with Crippen LogP contribution in [0.15, 0.2) is 42.5 Å². The first-order chi connectivity index (χ1) is 9.54. The van der Waals surface area contributed by atoms with Gasteiger partial charge in [0.2, 0.25) is 5.78 Å². The molecular formula is C16H10F2OS. The standard InChI is InChI=1S/C16H10F2OS/c1-9-6-11(17)2-4-13(9)16(19)15-8-10-7-12(18)3-5-14(10)20-15/h2-8H,1H3. The van der Waals surface area contributed by atoms with Crippen molar-refractivity contribution in [2.75, 3.05) is 0 Å². The van der Waals surface area contributed by atoms with Crippen LogP contribution in [0.5, 0.6) is 0 Å². The molecule has 20 heavy (non-hydrogen) atoms. The van der Waals surface area contributed by atoms with Gasteiger partial charge in [0.15, 0.2) is 0 Å². The molecule has 0 fully saturated rings. The van der Waals surface area contributed by atoms with Gasteiger partial charge in [0.1, 0.15) is 11.6 Å². The Morgan fingerprint density at radius 3 is 2.45 bits per heavy atom. The van der Waals surface area contributed by atoms with Gasteiger partial charge in [-0.2, -0.15) is 0 Å². The molecule has 4 heteroatoms. The van der Waals surface area contributed by atoms with E-state index in [1.165, 1.54) is 41.7 Å². The normalized spacial score (nSPS) is 10.9. The summed E-state index contributed by atoms with van der Waals surface area (Å²) in [6.07, 6.45) is 0. The average molecular weight is 288 g/mol. The lowest BCUT2D eigenvalue weighted by molar-refractivity contribution is 0.104. The van der Waals surface area contributed by atoms with E-state index in [2.05, 4.69) is 0 Å². The highest BCUT2D eigenvalue weighted by molar-refractivity contribution is 7.21. The summed E-state index contributed by atoms with van der Waals surface area (Å²) in [7, 11) is 0. The van der Waals surface area contributed by atoms with Gasteiger partial charge >= 0.3 is 0 Å². The van der Waals surface area contributed by atoms with Crippen LogP contribution in [0.4, 0.5) is 8.78 Å². The zero-order valence-corrected chi connectivity index (χ0v) is 11.4. The molecule has 1 heterocycles. The van der Waals surface area contributed by atoms with E-state index in [1.54, 1.807) is 19.1 Å². The fourth-order valence-electron chi connectivity index (χ4n) is 2.14. The summed E-state index contributed by atoms with van der Waals surface area (Å²) in [5.74, 6) is -0.853. The predicted molar refractivity (Wildman–Crippen MR) is 76.4 cm³/mol. The van der Waals surface area contributed by atoms with Gasteiger partial charge in [-0.25, -0.2) is 8.78 Å². The Morgan fingerprint density at radius 1 is 1.00 bits per heavy atom. The van der Waals surface area contributed by atoms with Crippen molar-refractivity contribution in [1.29, 1.82) is 0 Å². The highest BCUT2D eigenvalue weighted by Crippen LogP contribution is 2.28. The lowest BCUT2D eigenvalue weighted by Crippen LogP contribution is -2.01. The molecule has 0 atom stereocenters. The van der Waals surface area contributed by atoms with Crippen molar-refractivity contribution >= 4 is 27.2 Å². The SMILES string of the molecule is Cc1cc(F)ccc1C(=O)c1cc2cc(F)ccc2s1. The highest BCUT2D eigenvalue weighted by atomic mass is 32.1. The van der Waals surface area contributed by atoms with Crippen LogP contribution in [0, 0.1) is 18.6 Å². The molecule has 3 aromatic rings. The number of fused-ring (bicyclic) bond motifs is 1. The van der Waals surface area contributed by atoms with Gasteiger partial charge in [-0.05, 0) is 60.3 Å². The molecule has 0 unspecified atom stereocenters. The van der Waals surface area contributed by atoms with E-state index in [0.717, 1.165) is 4.70 Å². The molecule has 100 valence electrons. The van der Waals surface area contributed by atoms with Crippen molar-refractivity contribution in [2.24, 2.45) is 0 Å². The van der Waals surface area contributed by atoms with Crippen LogP contribution in [0.2, 0.25) is 0 Å². The van der Waals surface area contributed by atoms with Crippen molar-refractivity contribution < 1.29 is 13.6 Å². The molecule has 0 aliphatic heterocycles. The quantitative estimate of drug-likeness (QED) is 0.624. The molecule has 0 radical (unpaired) electrons. The minimum Gasteiger partial charge on any atom is -0.288 e. The lowest BCUT2D eigenvalue weighted by atomic mass is 10.0. The number of hydrogen-bond donors (Lipinski definition) is 0. The lowest BCUT2D eigenvalue weighted by Gasteiger charge is -2.02. The van der Waals surface area contributed by atoms with Crippen LogP contribution in [0.25, 0.3) is 10.1 Å². The number of aryl methyl sites for hydroxylation is 1. The maximum absolute atomic E-state index is 13.2. The van der Waals surface area contributed by atoms with Crippen molar-refractivity contribution in [2.45, 2.75) is 6.92 Å². The van der Waals surface area contributed by atoms with Crippen LogP contribution in [-0.4, -0.2) is 5.78 Å². The summed E-state index contributed by atoms with van der Waals surface area (Å²) in [4.78, 5) is 13.0. The number of thiophene rings is 1. The maximum atomic E-state index is 13.2. The third kappa shape index (κ3) is 2.23. The zero-order valence-electron chi connectivity index (χ0n) is 10.6. The summed E-state index contributed by atoms with van der Waals surface area (Å²) in [5.41, 5.74) is 1.07. The largest absolute Gasteiger partial charge is 0.288 e. The number of hydrogen-bond acceptors (Lipinski definition) is 2. The van der Waals surface area contributed by atoms with Crippen LogP contribution in [0.3, 0.4) is 0 Å². The van der Waals surface area contributed by atoms with Gasteiger partial charge in [-0.1, -0.05) is 0 Å². The predicted octanol–water partition coefficient (Wildman–Crippen LogP) is 4.72. The van der Waals surface area contributed by atoms with E-state index in [1.807, 2.05) is 0 Å². The van der Waals surface area contributed by atoms with E-state index >= 15 is 0 Å². The van der Waals surface area contributed by atoms with Crippen LogP contribution in [-0.2, 0) is 0 Å². The summed E-state index contributed by atoms with van der Waals surface area (Å²) in [6, 6.07) is 10.2. The number of carbonyl (C=O) groups excluding carboxylic acids is 1. The zero-order chi connectivity index (χ0) is 14.3. The maximum Gasteiger partial charge on any atom is 0.203 e. The van der Waals surface area contributed by atoms with E-state index in [-0.39, 0.29) is 17.4 Å². The Bertz CT molecular complexity index is 820. The van der Waals surface area contributed by atoms with E-state index in [4.69, 9.17) is 0 Å². The third-order valence-corrected chi connectivity index (χ3v) is 4.25. The van der Waals surface area contributed by atoms with Gasteiger partial charge < -0.3 is 0 Å². The minimum absolute atomic E-state index is 0.163. The summed E-state index contributed by atoms with van der Waals surface area (Å²) in [6.45, 7) is 1.70. The summed E-state index contributed by atoms with van der Waals surface area (Å²) >= 11 is 1.31. The van der Waals surface area contributed by atoms with Crippen molar-refractivity contribution in [3.8, 4) is 0 Å². The second-order valence-electron chi connectivity index (χ2n) is 4.58. The van der Waals surface area contributed by atoms with Gasteiger partial charge in [0.25, 0.3) is 0 Å². The number of ketones is 1. The third-order valence-electron chi connectivity index (χ3n) is 3.14. The van der Waals surface area contributed by atoms with Crippen molar-refractivity contribution in [3.05, 3.63) is 70.1 Å². The Morgan fingerprint density at radius 2 is 1.70 bits per heavy atom. The fraction of sp³-hybridized carbons (Fsp3) is 0.0625. The Labute approximate surface area is 118 Å². The minimum atomic E-state index is -0.363. The Kier molecular flexibility index (Phi) is 3.10. The van der Waals surface area contributed by atoms with Gasteiger partial charge in [0.05, 0.1) is 4.88 Å². The first-order valence-corrected chi connectivity index (χ1v) is 6.86. The number of halogens is 2. The van der Waals surface area contributed by atoms with E-state index < -0.39 is 0 Å². The molecule has 0 saturated heterocycles. The fourth-order valence-corrected chi connectivity index (χ4v) is 3.14. The molecule has 1 nitrogen and oxygen atoms in total. The monoisotopic (exact) mass is 288 g/mol. The molecule has 0 N–H and O–H groups in total. The topological polar surface area (TPSA) is 17.1 Å². The molecule has 0 spiro atoms. The van der Waals surface area contributed by atoms with Crippen LogP contribution >= 0.6 is 11.3 Å². The van der Waals surface area contributed by atoms with Gasteiger partial charge in [-0.3, -0.25) is 4.79 Å². The summed E-state index contributed by atoms with van der Waals surface area (Å²) < 4.78 is 27.1. The number of rotatable bonds is 2. The molecular weight excluding hydrogens is 278 g/mol. The second kappa shape index (κ2) is 4.80. The average Bonchev–Trinajstić information content (AvgIpc) is 2.81. The summed E-state index contributed by atoms with van der Waals surface area (Å²) in [5, 5.41) is 0.707. The van der Waals surface area contributed by atoms with Crippen molar-refractivity contribution in [1.82, 2.24) is 0 Å². The first kappa shape index (κ1) is 12.9. The van der Waals surface area contributed by atoms with Crippen LogP contribution in [0.1, 0.15) is 20.8 Å². The van der Waals surface area contributed by atoms with Gasteiger partial charge in [0, 0.05) is 10.3 Å². The second-order valence-corrected chi connectivity index (χ2v) is 5.66. The smallest absolute Gasteiger partial charge is 0.203 e. The highest BCUT2D eigenvalue weighted by Gasteiger charge is 2.15. The van der Waals surface area contributed by atoms with Crippen molar-refractivity contribution in [3.63, 3.8) is 0 Å². The Balaban J connectivity index is 2.08. The molecule has 1 aromatic heterocycles. The molecule has 3 rings (SSSR count). The molecule has 0 amide bonds. The molecule has 0 aliphatic rings. The molecule has 0 bridgehead atoms. The van der Waals surface area contributed by atoms with Crippen LogP contribution < -0.4 is 0 Å². The van der Waals surface area contributed by atoms with E-state index in [9.17, 15) is 13.6 Å².